The third kappa shape index (κ3) is 4.75. The molecule has 1 aliphatic rings. The van der Waals surface area contributed by atoms with Gasteiger partial charge in [0.2, 0.25) is 0 Å². The molecule has 102 valence electrons. The zero-order valence-corrected chi connectivity index (χ0v) is 13.5. The average Bonchev–Trinajstić information content (AvgIpc) is 3.30. The van der Waals surface area contributed by atoms with Crippen LogP contribution in [0, 0.1) is 17.8 Å². The molecule has 0 atom stereocenters. The largest absolute Gasteiger partial charge is 0.497 e. The SMILES string of the molecule is CI.COC(=O)c1cc(OC)ccc1C#CC1CC1. The van der Waals surface area contributed by atoms with Crippen molar-refractivity contribution in [2.75, 3.05) is 19.2 Å². The maximum Gasteiger partial charge on any atom is 0.339 e. The van der Waals surface area contributed by atoms with E-state index in [0.29, 0.717) is 22.8 Å². The van der Waals surface area contributed by atoms with Crippen LogP contribution >= 0.6 is 22.6 Å². The number of methoxy groups -OCH3 is 2. The predicted octanol–water partition coefficient (Wildman–Crippen LogP) is 3.29. The monoisotopic (exact) mass is 372 g/mol. The first-order chi connectivity index (χ1) is 9.24. The maximum atomic E-state index is 11.6. The van der Waals surface area contributed by atoms with Crippen LogP contribution in [0.4, 0.5) is 0 Å². The molecular formula is C15H17IO3. The molecule has 0 amide bonds. The van der Waals surface area contributed by atoms with E-state index in [0.717, 1.165) is 12.8 Å². The third-order valence-corrected chi connectivity index (χ3v) is 2.62. The minimum atomic E-state index is -0.385. The first-order valence-electron chi connectivity index (χ1n) is 5.90. The van der Waals surface area contributed by atoms with E-state index in [9.17, 15) is 4.79 Å². The van der Waals surface area contributed by atoms with Crippen LogP contribution in [0.15, 0.2) is 18.2 Å². The first kappa shape index (κ1) is 15.8. The number of hydrogen-bond acceptors (Lipinski definition) is 3. The van der Waals surface area contributed by atoms with Gasteiger partial charge in [-0.05, 0) is 36.0 Å². The minimum absolute atomic E-state index is 0.385. The highest BCUT2D eigenvalue weighted by atomic mass is 127. The van der Waals surface area contributed by atoms with Gasteiger partial charge in [-0.3, -0.25) is 0 Å². The second-order valence-electron chi connectivity index (χ2n) is 3.95. The van der Waals surface area contributed by atoms with Crippen molar-refractivity contribution in [3.63, 3.8) is 0 Å². The Balaban J connectivity index is 0.000000861. The molecule has 0 saturated heterocycles. The van der Waals surface area contributed by atoms with Crippen molar-refractivity contribution in [3.8, 4) is 17.6 Å². The van der Waals surface area contributed by atoms with Crippen molar-refractivity contribution in [1.29, 1.82) is 0 Å². The Morgan fingerprint density at radius 3 is 2.53 bits per heavy atom. The smallest absolute Gasteiger partial charge is 0.339 e. The summed E-state index contributed by atoms with van der Waals surface area (Å²) < 4.78 is 9.82. The number of hydrogen-bond donors (Lipinski definition) is 0. The fourth-order valence-electron chi connectivity index (χ4n) is 1.45. The lowest BCUT2D eigenvalue weighted by Crippen LogP contribution is -2.04. The van der Waals surface area contributed by atoms with Gasteiger partial charge in [-0.15, -0.1) is 0 Å². The summed E-state index contributed by atoms with van der Waals surface area (Å²) in [5.41, 5.74) is 1.16. The van der Waals surface area contributed by atoms with Crippen LogP contribution in [0.25, 0.3) is 0 Å². The molecule has 1 aromatic carbocycles. The Labute approximate surface area is 127 Å². The van der Waals surface area contributed by atoms with Crippen LogP contribution < -0.4 is 4.74 Å². The maximum absolute atomic E-state index is 11.6. The fraction of sp³-hybridized carbons (Fsp3) is 0.400. The molecule has 1 saturated carbocycles. The zero-order valence-electron chi connectivity index (χ0n) is 11.3. The van der Waals surface area contributed by atoms with Crippen LogP contribution in [-0.4, -0.2) is 25.1 Å². The Hall–Kier alpha value is -1.22. The summed E-state index contributed by atoms with van der Waals surface area (Å²) in [6.07, 6.45) is 2.33. The van der Waals surface area contributed by atoms with Gasteiger partial charge in [-0.1, -0.05) is 34.4 Å². The van der Waals surface area contributed by atoms with Gasteiger partial charge in [-0.25, -0.2) is 4.79 Å². The molecule has 3 nitrogen and oxygen atoms in total. The van der Waals surface area contributed by atoms with E-state index in [2.05, 4.69) is 34.4 Å². The highest BCUT2D eigenvalue weighted by Gasteiger charge is 2.18. The van der Waals surface area contributed by atoms with E-state index in [-0.39, 0.29) is 5.97 Å². The molecule has 19 heavy (non-hydrogen) atoms. The summed E-state index contributed by atoms with van der Waals surface area (Å²) in [6, 6.07) is 5.24. The highest BCUT2D eigenvalue weighted by molar-refractivity contribution is 14.1. The van der Waals surface area contributed by atoms with Gasteiger partial charge < -0.3 is 9.47 Å². The molecule has 1 fully saturated rings. The summed E-state index contributed by atoms with van der Waals surface area (Å²) >= 11 is 2.15. The van der Waals surface area contributed by atoms with Crippen molar-refractivity contribution in [2.24, 2.45) is 5.92 Å². The molecule has 1 aliphatic carbocycles. The van der Waals surface area contributed by atoms with Crippen molar-refractivity contribution in [1.82, 2.24) is 0 Å². The Kier molecular flexibility index (Phi) is 6.71. The Morgan fingerprint density at radius 2 is 2.00 bits per heavy atom. The topological polar surface area (TPSA) is 35.5 Å². The normalized spacial score (nSPS) is 12.4. The van der Waals surface area contributed by atoms with Crippen molar-refractivity contribution in [2.45, 2.75) is 12.8 Å². The average molecular weight is 372 g/mol. The summed E-state index contributed by atoms with van der Waals surface area (Å²) in [7, 11) is 2.92. The van der Waals surface area contributed by atoms with E-state index >= 15 is 0 Å². The van der Waals surface area contributed by atoms with Crippen molar-refractivity contribution in [3.05, 3.63) is 29.3 Å². The second-order valence-corrected chi connectivity index (χ2v) is 3.95. The molecule has 0 spiro atoms. The van der Waals surface area contributed by atoms with E-state index in [1.54, 1.807) is 25.3 Å². The summed E-state index contributed by atoms with van der Waals surface area (Å²) in [5.74, 6) is 6.91. The Morgan fingerprint density at radius 1 is 1.32 bits per heavy atom. The number of benzene rings is 1. The highest BCUT2D eigenvalue weighted by Crippen LogP contribution is 2.28. The predicted molar refractivity (Wildman–Crippen MR) is 83.9 cm³/mol. The van der Waals surface area contributed by atoms with Gasteiger partial charge in [0.05, 0.1) is 19.8 Å². The molecule has 4 heteroatoms. The van der Waals surface area contributed by atoms with Crippen molar-refractivity contribution >= 4 is 28.6 Å². The standard InChI is InChI=1S/C14H14O3.CH3I/c1-16-12-8-7-11(6-5-10-3-4-10)13(9-12)14(15)17-2;1-2/h7-10H,3-4H2,1-2H3;1H3. The lowest BCUT2D eigenvalue weighted by Gasteiger charge is -2.05. The molecular weight excluding hydrogens is 355 g/mol. The van der Waals surface area contributed by atoms with E-state index in [1.807, 2.05) is 4.93 Å². The minimum Gasteiger partial charge on any atom is -0.497 e. The van der Waals surface area contributed by atoms with Crippen molar-refractivity contribution < 1.29 is 14.3 Å². The number of carbonyl (C=O) groups excluding carboxylic acids is 1. The zero-order chi connectivity index (χ0) is 14.3. The number of rotatable bonds is 2. The lowest BCUT2D eigenvalue weighted by atomic mass is 10.1. The number of halogens is 1. The van der Waals surface area contributed by atoms with E-state index < -0.39 is 0 Å². The molecule has 0 N–H and O–H groups in total. The summed E-state index contributed by atoms with van der Waals surface area (Å²) in [5, 5.41) is 0. The second kappa shape index (κ2) is 8.05. The number of carbonyl (C=O) groups is 1. The van der Waals surface area contributed by atoms with Crippen LogP contribution in [0.1, 0.15) is 28.8 Å². The molecule has 0 aromatic heterocycles. The van der Waals surface area contributed by atoms with E-state index in [4.69, 9.17) is 9.47 Å². The first-order valence-corrected chi connectivity index (χ1v) is 8.06. The lowest BCUT2D eigenvalue weighted by molar-refractivity contribution is 0.0600. The van der Waals surface area contributed by atoms with Crippen LogP contribution in [0.5, 0.6) is 5.75 Å². The number of ether oxygens (including phenoxy) is 2. The third-order valence-electron chi connectivity index (χ3n) is 2.62. The van der Waals surface area contributed by atoms with Gasteiger partial charge in [0, 0.05) is 11.5 Å². The molecule has 0 heterocycles. The molecule has 2 rings (SSSR count). The molecule has 0 bridgehead atoms. The molecule has 0 unspecified atom stereocenters. The summed E-state index contributed by atoms with van der Waals surface area (Å²) in [4.78, 5) is 13.6. The van der Waals surface area contributed by atoms with Crippen LogP contribution in [0.3, 0.4) is 0 Å². The van der Waals surface area contributed by atoms with Gasteiger partial charge in [0.1, 0.15) is 5.75 Å². The fourth-order valence-corrected chi connectivity index (χ4v) is 1.45. The van der Waals surface area contributed by atoms with Crippen LogP contribution in [0.2, 0.25) is 0 Å². The quantitative estimate of drug-likeness (QED) is 0.346. The van der Waals surface area contributed by atoms with E-state index in [1.165, 1.54) is 7.11 Å². The number of alkyl halides is 1. The summed E-state index contributed by atoms with van der Waals surface area (Å²) in [6.45, 7) is 0. The number of esters is 1. The van der Waals surface area contributed by atoms with Gasteiger partial charge in [0.15, 0.2) is 0 Å². The Bertz CT molecular complexity index is 496. The van der Waals surface area contributed by atoms with Gasteiger partial charge in [0.25, 0.3) is 0 Å². The molecule has 1 aromatic rings. The van der Waals surface area contributed by atoms with Gasteiger partial charge >= 0.3 is 5.97 Å². The van der Waals surface area contributed by atoms with Gasteiger partial charge in [-0.2, -0.15) is 0 Å². The molecule has 0 radical (unpaired) electrons. The molecule has 0 aliphatic heterocycles. The van der Waals surface area contributed by atoms with Crippen LogP contribution in [-0.2, 0) is 4.74 Å².